The second-order valence-electron chi connectivity index (χ2n) is 11.2. The quantitative estimate of drug-likeness (QED) is 0.514. The molecule has 0 aliphatic heterocycles. The lowest BCUT2D eigenvalue weighted by Gasteiger charge is -2.52. The molecule has 2 bridgehead atoms. The molecule has 162 valence electrons. The molecule has 2 aliphatic rings. The Morgan fingerprint density at radius 3 is 2.36 bits per heavy atom. The van der Waals surface area contributed by atoms with E-state index in [4.69, 9.17) is 9.47 Å². The minimum atomic E-state index is -0.437. The van der Waals surface area contributed by atoms with Crippen molar-refractivity contribution >= 4 is 11.9 Å². The van der Waals surface area contributed by atoms with E-state index in [0.717, 1.165) is 25.2 Å². The number of hydrogen-bond acceptors (Lipinski definition) is 4. The van der Waals surface area contributed by atoms with Crippen LogP contribution in [0.15, 0.2) is 0 Å². The highest BCUT2D eigenvalue weighted by molar-refractivity contribution is 5.77. The number of hydrogen-bond donors (Lipinski definition) is 0. The van der Waals surface area contributed by atoms with E-state index in [0.29, 0.717) is 30.1 Å². The van der Waals surface area contributed by atoms with Gasteiger partial charge in [-0.1, -0.05) is 54.4 Å². The van der Waals surface area contributed by atoms with Gasteiger partial charge in [0.15, 0.2) is 6.61 Å². The van der Waals surface area contributed by atoms with Crippen molar-refractivity contribution in [2.45, 2.75) is 99.0 Å². The highest BCUT2D eigenvalue weighted by atomic mass is 16.6. The predicted octanol–water partition coefficient (Wildman–Crippen LogP) is 5.78. The van der Waals surface area contributed by atoms with E-state index < -0.39 is 11.6 Å². The van der Waals surface area contributed by atoms with E-state index in [9.17, 15) is 9.59 Å². The summed E-state index contributed by atoms with van der Waals surface area (Å²) >= 11 is 0. The molecule has 5 unspecified atom stereocenters. The standard InChI is InChI=1S/C24H42O4/c1-16(2)17(3)11-20-13-18-9-8-10-19(12-18)24(20,7)28-22(26)15-27-21(25)14-23(4,5)6/h16-20H,8-15H2,1-7H3. The molecule has 4 heteroatoms. The summed E-state index contributed by atoms with van der Waals surface area (Å²) in [6.45, 7) is 14.7. The lowest BCUT2D eigenvalue weighted by atomic mass is 9.58. The number of carbonyl (C=O) groups is 2. The molecular weight excluding hydrogens is 352 g/mol. The van der Waals surface area contributed by atoms with Crippen molar-refractivity contribution in [3.8, 4) is 0 Å². The molecule has 4 nitrogen and oxygen atoms in total. The highest BCUT2D eigenvalue weighted by Crippen LogP contribution is 2.52. The SMILES string of the molecule is CC(C)C(C)CC1CC2CCCC(C2)C1(C)OC(=O)COC(=O)CC(C)(C)C. The molecule has 0 heterocycles. The molecule has 0 aromatic rings. The molecule has 28 heavy (non-hydrogen) atoms. The summed E-state index contributed by atoms with van der Waals surface area (Å²) in [6.07, 6.45) is 7.40. The number of rotatable bonds is 7. The van der Waals surface area contributed by atoms with Crippen molar-refractivity contribution < 1.29 is 19.1 Å². The maximum absolute atomic E-state index is 12.6. The maximum atomic E-state index is 12.6. The van der Waals surface area contributed by atoms with Crippen LogP contribution in [0.2, 0.25) is 0 Å². The highest BCUT2D eigenvalue weighted by Gasteiger charge is 2.51. The molecular formula is C24H42O4. The van der Waals surface area contributed by atoms with Gasteiger partial charge in [0.25, 0.3) is 0 Å². The van der Waals surface area contributed by atoms with Gasteiger partial charge in [-0.15, -0.1) is 0 Å². The van der Waals surface area contributed by atoms with Crippen molar-refractivity contribution in [1.82, 2.24) is 0 Å². The summed E-state index contributed by atoms with van der Waals surface area (Å²) < 4.78 is 11.3. The number of esters is 2. The Kier molecular flexibility index (Phi) is 7.61. The van der Waals surface area contributed by atoms with E-state index >= 15 is 0 Å². The van der Waals surface area contributed by atoms with Crippen LogP contribution in [0.5, 0.6) is 0 Å². The molecule has 0 saturated heterocycles. The Morgan fingerprint density at radius 1 is 1.07 bits per heavy atom. The molecule has 0 radical (unpaired) electrons. The Labute approximate surface area is 172 Å². The minimum Gasteiger partial charge on any atom is -0.456 e. The normalized spacial score (nSPS) is 31.4. The number of ether oxygens (including phenoxy) is 2. The third-order valence-corrected chi connectivity index (χ3v) is 7.18. The zero-order valence-corrected chi connectivity index (χ0v) is 19.2. The third-order valence-electron chi connectivity index (χ3n) is 7.18. The van der Waals surface area contributed by atoms with Gasteiger partial charge in [-0.2, -0.15) is 0 Å². The Morgan fingerprint density at radius 2 is 1.75 bits per heavy atom. The monoisotopic (exact) mass is 394 g/mol. The lowest BCUT2D eigenvalue weighted by Crippen LogP contribution is -2.53. The zero-order chi connectivity index (χ0) is 21.1. The van der Waals surface area contributed by atoms with Gasteiger partial charge in [0.05, 0.1) is 6.42 Å². The summed E-state index contributed by atoms with van der Waals surface area (Å²) in [6, 6.07) is 0. The fourth-order valence-corrected chi connectivity index (χ4v) is 5.11. The van der Waals surface area contributed by atoms with E-state index in [1.54, 1.807) is 0 Å². The van der Waals surface area contributed by atoms with Crippen molar-refractivity contribution in [3.63, 3.8) is 0 Å². The largest absolute Gasteiger partial charge is 0.456 e. The first-order chi connectivity index (χ1) is 12.9. The van der Waals surface area contributed by atoms with E-state index in [1.807, 2.05) is 20.8 Å². The second-order valence-corrected chi connectivity index (χ2v) is 11.2. The third kappa shape index (κ3) is 6.22. The molecule has 0 N–H and O–H groups in total. The van der Waals surface area contributed by atoms with Crippen LogP contribution >= 0.6 is 0 Å². The van der Waals surface area contributed by atoms with Gasteiger partial charge < -0.3 is 9.47 Å². The molecule has 5 atom stereocenters. The molecule has 2 saturated carbocycles. The second kappa shape index (κ2) is 9.17. The molecule has 0 aromatic carbocycles. The predicted molar refractivity (Wildman–Crippen MR) is 112 cm³/mol. The van der Waals surface area contributed by atoms with Crippen molar-refractivity contribution in [2.75, 3.05) is 6.61 Å². The lowest BCUT2D eigenvalue weighted by molar-refractivity contribution is -0.192. The first-order valence-corrected chi connectivity index (χ1v) is 11.3. The van der Waals surface area contributed by atoms with Crippen LogP contribution in [-0.2, 0) is 19.1 Å². The minimum absolute atomic E-state index is 0.147. The van der Waals surface area contributed by atoms with Gasteiger partial charge in [-0.05, 0) is 67.6 Å². The summed E-state index contributed by atoms with van der Waals surface area (Å²) in [5, 5.41) is 0. The van der Waals surface area contributed by atoms with Gasteiger partial charge in [0, 0.05) is 0 Å². The molecule has 0 spiro atoms. The van der Waals surface area contributed by atoms with Crippen molar-refractivity contribution in [3.05, 3.63) is 0 Å². The Bertz CT molecular complexity index is 547. The van der Waals surface area contributed by atoms with Gasteiger partial charge >= 0.3 is 11.9 Å². The smallest absolute Gasteiger partial charge is 0.344 e. The maximum Gasteiger partial charge on any atom is 0.344 e. The number of fused-ring (bicyclic) bond motifs is 2. The van der Waals surface area contributed by atoms with E-state index in [1.165, 1.54) is 19.3 Å². The Hall–Kier alpha value is -1.06. The van der Waals surface area contributed by atoms with Gasteiger partial charge in [0.1, 0.15) is 5.60 Å². The molecule has 0 aromatic heterocycles. The fraction of sp³-hybridized carbons (Fsp3) is 0.917. The fourth-order valence-electron chi connectivity index (χ4n) is 5.11. The summed E-state index contributed by atoms with van der Waals surface area (Å²) in [5.74, 6) is 2.10. The van der Waals surface area contributed by atoms with Crippen molar-refractivity contribution in [2.24, 2.45) is 35.0 Å². The first kappa shape index (κ1) is 23.2. The van der Waals surface area contributed by atoms with Crippen molar-refractivity contribution in [1.29, 1.82) is 0 Å². The molecule has 2 aliphatic carbocycles. The average Bonchev–Trinajstić information content (AvgIpc) is 2.57. The Balaban J connectivity index is 2.02. The van der Waals surface area contributed by atoms with Gasteiger partial charge in [0.2, 0.25) is 0 Å². The van der Waals surface area contributed by atoms with Gasteiger partial charge in [-0.25, -0.2) is 4.79 Å². The van der Waals surface area contributed by atoms with Crippen LogP contribution in [-0.4, -0.2) is 24.1 Å². The molecule has 2 rings (SSSR count). The molecule has 2 fully saturated rings. The summed E-state index contributed by atoms with van der Waals surface area (Å²) in [7, 11) is 0. The first-order valence-electron chi connectivity index (χ1n) is 11.3. The summed E-state index contributed by atoms with van der Waals surface area (Å²) in [5.41, 5.74) is -0.584. The van der Waals surface area contributed by atoms with Crippen LogP contribution in [0.3, 0.4) is 0 Å². The molecule has 0 amide bonds. The summed E-state index contributed by atoms with van der Waals surface area (Å²) in [4.78, 5) is 24.6. The average molecular weight is 395 g/mol. The van der Waals surface area contributed by atoms with Crippen LogP contribution < -0.4 is 0 Å². The van der Waals surface area contributed by atoms with Crippen LogP contribution in [0.1, 0.15) is 93.4 Å². The number of carbonyl (C=O) groups excluding carboxylic acids is 2. The van der Waals surface area contributed by atoms with Crippen LogP contribution in [0.4, 0.5) is 0 Å². The topological polar surface area (TPSA) is 52.6 Å². The van der Waals surface area contributed by atoms with E-state index in [2.05, 4.69) is 27.7 Å². The van der Waals surface area contributed by atoms with Crippen LogP contribution in [0, 0.1) is 35.0 Å². The van der Waals surface area contributed by atoms with E-state index in [-0.39, 0.29) is 18.0 Å². The zero-order valence-electron chi connectivity index (χ0n) is 19.2. The van der Waals surface area contributed by atoms with Gasteiger partial charge in [-0.3, -0.25) is 4.79 Å². The van der Waals surface area contributed by atoms with Crippen LogP contribution in [0.25, 0.3) is 0 Å².